The topological polar surface area (TPSA) is 74.2 Å². The molecule has 0 aliphatic heterocycles. The van der Waals surface area contributed by atoms with Crippen LogP contribution in [-0.4, -0.2) is 22.2 Å². The van der Waals surface area contributed by atoms with E-state index in [9.17, 15) is 0 Å². The van der Waals surface area contributed by atoms with Crippen molar-refractivity contribution in [3.8, 4) is 28.9 Å². The number of para-hydroxylation sites is 1. The first-order chi connectivity index (χ1) is 10.8. The van der Waals surface area contributed by atoms with Gasteiger partial charge < -0.3 is 13.7 Å². The van der Waals surface area contributed by atoms with Gasteiger partial charge in [-0.1, -0.05) is 23.4 Å². The zero-order chi connectivity index (χ0) is 14.9. The maximum Gasteiger partial charge on any atom is 0.259 e. The molecule has 3 aromatic heterocycles. The highest BCUT2D eigenvalue weighted by atomic mass is 16.5. The van der Waals surface area contributed by atoms with Crippen molar-refractivity contribution in [3.63, 3.8) is 0 Å². The number of hydrogen-bond acceptors (Lipinski definition) is 6. The lowest BCUT2D eigenvalue weighted by atomic mass is 10.1. The Morgan fingerprint density at radius 3 is 2.77 bits per heavy atom. The number of rotatable bonds is 3. The molecule has 0 aliphatic rings. The van der Waals surface area contributed by atoms with Gasteiger partial charge in [0.05, 0.1) is 24.5 Å². The van der Waals surface area contributed by atoms with Gasteiger partial charge in [0.15, 0.2) is 5.76 Å². The molecule has 0 saturated carbocycles. The summed E-state index contributed by atoms with van der Waals surface area (Å²) in [5.41, 5.74) is 1.57. The molecule has 4 aromatic rings. The van der Waals surface area contributed by atoms with Crippen LogP contribution in [0, 0.1) is 0 Å². The fourth-order valence-corrected chi connectivity index (χ4v) is 2.27. The van der Waals surface area contributed by atoms with E-state index in [1.165, 1.54) is 0 Å². The third-order valence-electron chi connectivity index (χ3n) is 3.30. The highest BCUT2D eigenvalue weighted by Crippen LogP contribution is 2.31. The fourth-order valence-electron chi connectivity index (χ4n) is 2.27. The van der Waals surface area contributed by atoms with Gasteiger partial charge in [0.2, 0.25) is 11.7 Å². The summed E-state index contributed by atoms with van der Waals surface area (Å²) in [4.78, 5) is 8.80. The molecule has 0 bridgehead atoms. The normalized spacial score (nSPS) is 11.0. The van der Waals surface area contributed by atoms with E-state index in [1.54, 1.807) is 31.6 Å². The number of ether oxygens (including phenoxy) is 1. The van der Waals surface area contributed by atoms with Gasteiger partial charge in [0.1, 0.15) is 0 Å². The number of furan rings is 1. The Balaban J connectivity index is 1.90. The van der Waals surface area contributed by atoms with Crippen LogP contribution in [0.1, 0.15) is 0 Å². The highest BCUT2D eigenvalue weighted by Gasteiger charge is 2.16. The summed E-state index contributed by atoms with van der Waals surface area (Å²) in [7, 11) is 1.57. The van der Waals surface area contributed by atoms with Gasteiger partial charge in [0.25, 0.3) is 5.89 Å². The largest absolute Gasteiger partial charge is 0.481 e. The minimum atomic E-state index is 0.392. The molecule has 3 heterocycles. The van der Waals surface area contributed by atoms with Crippen LogP contribution < -0.4 is 4.74 Å². The molecule has 0 saturated heterocycles. The predicted molar refractivity (Wildman–Crippen MR) is 79.3 cm³/mol. The Morgan fingerprint density at radius 1 is 1.05 bits per heavy atom. The van der Waals surface area contributed by atoms with Crippen LogP contribution in [0.2, 0.25) is 0 Å². The van der Waals surface area contributed by atoms with Gasteiger partial charge in [-0.3, -0.25) is 0 Å². The lowest BCUT2D eigenvalue weighted by Gasteiger charge is -2.05. The number of hydrogen-bond donors (Lipinski definition) is 0. The lowest BCUT2D eigenvalue weighted by molar-refractivity contribution is 0.398. The molecule has 0 radical (unpaired) electrons. The molecule has 1 aromatic carbocycles. The average molecular weight is 293 g/mol. The van der Waals surface area contributed by atoms with Crippen LogP contribution in [0.25, 0.3) is 33.9 Å². The Hall–Kier alpha value is -3.15. The Bertz CT molecular complexity index is 929. The third kappa shape index (κ3) is 2.01. The van der Waals surface area contributed by atoms with Gasteiger partial charge in [-0.2, -0.15) is 4.98 Å². The van der Waals surface area contributed by atoms with Crippen molar-refractivity contribution in [2.75, 3.05) is 7.11 Å². The first-order valence-electron chi connectivity index (χ1n) is 6.67. The molecule has 0 fully saturated rings. The van der Waals surface area contributed by atoms with Crippen LogP contribution in [0.15, 0.2) is 57.7 Å². The van der Waals surface area contributed by atoms with E-state index in [-0.39, 0.29) is 0 Å². The van der Waals surface area contributed by atoms with Crippen LogP contribution in [-0.2, 0) is 0 Å². The Morgan fingerprint density at radius 2 is 1.95 bits per heavy atom. The van der Waals surface area contributed by atoms with Crippen molar-refractivity contribution >= 4 is 10.9 Å². The quantitative estimate of drug-likeness (QED) is 0.575. The smallest absolute Gasteiger partial charge is 0.259 e. The zero-order valence-corrected chi connectivity index (χ0v) is 11.7. The number of pyridine rings is 1. The highest BCUT2D eigenvalue weighted by molar-refractivity contribution is 5.93. The molecule has 6 heteroatoms. The van der Waals surface area contributed by atoms with Crippen LogP contribution in [0.3, 0.4) is 0 Å². The SMILES string of the molecule is COc1cc(-c2nc(-c3ccco3)no2)c2ccccc2n1. The van der Waals surface area contributed by atoms with Crippen LogP contribution in [0.4, 0.5) is 0 Å². The van der Waals surface area contributed by atoms with E-state index in [2.05, 4.69) is 15.1 Å². The molecule has 6 nitrogen and oxygen atoms in total. The standard InChI is InChI=1S/C16H11N3O3/c1-20-14-9-11(10-5-2-3-6-12(10)17-14)16-18-15(19-22-16)13-7-4-8-21-13/h2-9H,1H3. The summed E-state index contributed by atoms with van der Waals surface area (Å²) in [6, 6.07) is 13.0. The summed E-state index contributed by atoms with van der Waals surface area (Å²) in [6.07, 6.45) is 1.57. The maximum absolute atomic E-state index is 5.38. The summed E-state index contributed by atoms with van der Waals surface area (Å²) < 4.78 is 15.9. The second-order valence-electron chi connectivity index (χ2n) is 4.63. The summed E-state index contributed by atoms with van der Waals surface area (Å²) in [5.74, 6) is 1.84. The first-order valence-corrected chi connectivity index (χ1v) is 6.67. The van der Waals surface area contributed by atoms with Crippen LogP contribution in [0.5, 0.6) is 5.88 Å². The van der Waals surface area contributed by atoms with E-state index in [0.29, 0.717) is 23.4 Å². The molecule has 4 rings (SSSR count). The molecule has 0 aliphatic carbocycles. The average Bonchev–Trinajstić information content (AvgIpc) is 3.24. The van der Waals surface area contributed by atoms with Crippen molar-refractivity contribution in [1.29, 1.82) is 0 Å². The van der Waals surface area contributed by atoms with Crippen molar-refractivity contribution < 1.29 is 13.7 Å². The van der Waals surface area contributed by atoms with E-state index >= 15 is 0 Å². The second kappa shape index (κ2) is 5.00. The van der Waals surface area contributed by atoms with Gasteiger partial charge in [-0.05, 0) is 18.2 Å². The lowest BCUT2D eigenvalue weighted by Crippen LogP contribution is -1.91. The van der Waals surface area contributed by atoms with Crippen molar-refractivity contribution in [2.24, 2.45) is 0 Å². The van der Waals surface area contributed by atoms with Gasteiger partial charge in [-0.15, -0.1) is 0 Å². The van der Waals surface area contributed by atoms with Gasteiger partial charge >= 0.3 is 0 Å². The predicted octanol–water partition coefficient (Wildman–Crippen LogP) is 3.55. The molecule has 108 valence electrons. The van der Waals surface area contributed by atoms with Crippen molar-refractivity contribution in [1.82, 2.24) is 15.1 Å². The van der Waals surface area contributed by atoms with Crippen molar-refractivity contribution in [2.45, 2.75) is 0 Å². The minimum Gasteiger partial charge on any atom is -0.481 e. The molecular formula is C16H11N3O3. The van der Waals surface area contributed by atoms with Gasteiger partial charge in [0, 0.05) is 11.5 Å². The van der Waals surface area contributed by atoms with E-state index in [0.717, 1.165) is 16.5 Å². The molecule has 0 amide bonds. The monoisotopic (exact) mass is 293 g/mol. The van der Waals surface area contributed by atoms with E-state index in [4.69, 9.17) is 13.7 Å². The third-order valence-corrected chi connectivity index (χ3v) is 3.30. The van der Waals surface area contributed by atoms with E-state index < -0.39 is 0 Å². The molecule has 0 N–H and O–H groups in total. The number of aromatic nitrogens is 3. The summed E-state index contributed by atoms with van der Waals surface area (Å²) in [5, 5.41) is 4.87. The first kappa shape index (κ1) is 12.6. The fraction of sp³-hybridized carbons (Fsp3) is 0.0625. The van der Waals surface area contributed by atoms with E-state index in [1.807, 2.05) is 24.3 Å². The van der Waals surface area contributed by atoms with Gasteiger partial charge in [-0.25, -0.2) is 4.98 Å². The summed E-state index contributed by atoms with van der Waals surface area (Å²) in [6.45, 7) is 0. The number of benzene rings is 1. The van der Waals surface area contributed by atoms with Crippen LogP contribution >= 0.6 is 0 Å². The molecule has 0 spiro atoms. The summed E-state index contributed by atoms with van der Waals surface area (Å²) >= 11 is 0. The number of nitrogens with zero attached hydrogens (tertiary/aromatic N) is 3. The Labute approximate surface area is 125 Å². The molecule has 0 atom stereocenters. The molecule has 22 heavy (non-hydrogen) atoms. The zero-order valence-electron chi connectivity index (χ0n) is 11.7. The minimum absolute atomic E-state index is 0.392. The number of methoxy groups -OCH3 is 1. The molecular weight excluding hydrogens is 282 g/mol. The second-order valence-corrected chi connectivity index (χ2v) is 4.63. The van der Waals surface area contributed by atoms with Crippen molar-refractivity contribution in [3.05, 3.63) is 48.7 Å². The number of fused-ring (bicyclic) bond motifs is 1. The molecule has 0 unspecified atom stereocenters. The Kier molecular flexibility index (Phi) is 2.86. The maximum atomic E-state index is 5.38.